The maximum absolute atomic E-state index is 13.0. The highest BCUT2D eigenvalue weighted by atomic mass is 19.1. The first-order valence-electron chi connectivity index (χ1n) is 7.94. The van der Waals surface area contributed by atoms with Crippen molar-refractivity contribution in [3.63, 3.8) is 0 Å². The molecule has 0 atom stereocenters. The molecule has 0 heterocycles. The summed E-state index contributed by atoms with van der Waals surface area (Å²) >= 11 is 0. The van der Waals surface area contributed by atoms with Gasteiger partial charge in [0.15, 0.2) is 0 Å². The lowest BCUT2D eigenvalue weighted by molar-refractivity contribution is -0.116. The molecule has 2 aromatic carbocycles. The smallest absolute Gasteiger partial charge is 0.224 e. The summed E-state index contributed by atoms with van der Waals surface area (Å²) in [5, 5.41) is 2.67. The van der Waals surface area contributed by atoms with Gasteiger partial charge in [-0.2, -0.15) is 0 Å². The summed E-state index contributed by atoms with van der Waals surface area (Å²) in [7, 11) is 0. The van der Waals surface area contributed by atoms with Crippen molar-refractivity contribution in [3.05, 3.63) is 59.9 Å². The van der Waals surface area contributed by atoms with Gasteiger partial charge in [-0.05, 0) is 48.7 Å². The van der Waals surface area contributed by atoms with Gasteiger partial charge >= 0.3 is 0 Å². The van der Waals surface area contributed by atoms with Crippen LogP contribution in [0.15, 0.2) is 48.5 Å². The molecule has 0 unspecified atom stereocenters. The van der Waals surface area contributed by atoms with Gasteiger partial charge in [-0.15, -0.1) is 0 Å². The van der Waals surface area contributed by atoms with E-state index in [1.54, 1.807) is 12.1 Å². The molecule has 3 nitrogen and oxygen atoms in total. The molecule has 0 saturated carbocycles. The molecular weight excluding hydrogens is 293 g/mol. The van der Waals surface area contributed by atoms with Crippen LogP contribution in [-0.4, -0.2) is 12.5 Å². The number of rotatable bonds is 8. The van der Waals surface area contributed by atoms with E-state index in [0.29, 0.717) is 25.1 Å². The van der Waals surface area contributed by atoms with Gasteiger partial charge in [0.05, 0.1) is 6.61 Å². The van der Waals surface area contributed by atoms with Crippen LogP contribution in [0.3, 0.4) is 0 Å². The van der Waals surface area contributed by atoms with Crippen molar-refractivity contribution in [3.8, 4) is 5.75 Å². The number of anilines is 1. The van der Waals surface area contributed by atoms with Crippen molar-refractivity contribution in [2.75, 3.05) is 11.9 Å². The highest BCUT2D eigenvalue weighted by Gasteiger charge is 2.03. The van der Waals surface area contributed by atoms with Crippen molar-refractivity contribution in [1.29, 1.82) is 0 Å². The first kappa shape index (κ1) is 17.0. The van der Waals surface area contributed by atoms with Crippen LogP contribution in [0.4, 0.5) is 10.1 Å². The Morgan fingerprint density at radius 2 is 1.96 bits per heavy atom. The minimum Gasteiger partial charge on any atom is -0.494 e. The summed E-state index contributed by atoms with van der Waals surface area (Å²) in [5.41, 5.74) is 1.77. The van der Waals surface area contributed by atoms with E-state index in [0.717, 1.165) is 18.6 Å². The molecule has 0 aliphatic carbocycles. The topological polar surface area (TPSA) is 38.3 Å². The van der Waals surface area contributed by atoms with Crippen molar-refractivity contribution in [1.82, 2.24) is 0 Å². The average Bonchev–Trinajstić information content (AvgIpc) is 2.53. The lowest BCUT2D eigenvalue weighted by Gasteiger charge is -2.08. The number of hydrogen-bond acceptors (Lipinski definition) is 2. The minimum atomic E-state index is -0.363. The third-order valence-corrected chi connectivity index (χ3v) is 3.39. The summed E-state index contributed by atoms with van der Waals surface area (Å²) in [6.45, 7) is 2.63. The third kappa shape index (κ3) is 6.10. The van der Waals surface area contributed by atoms with Crippen molar-refractivity contribution in [2.45, 2.75) is 32.6 Å². The van der Waals surface area contributed by atoms with Crippen LogP contribution in [0.25, 0.3) is 0 Å². The van der Waals surface area contributed by atoms with E-state index in [-0.39, 0.29) is 11.7 Å². The number of nitrogens with one attached hydrogen (secondary N) is 1. The van der Waals surface area contributed by atoms with Crippen molar-refractivity contribution < 1.29 is 13.9 Å². The summed E-state index contributed by atoms with van der Waals surface area (Å²) < 4.78 is 18.6. The van der Waals surface area contributed by atoms with E-state index in [1.807, 2.05) is 12.1 Å². The number of benzene rings is 2. The largest absolute Gasteiger partial charge is 0.494 e. The molecular formula is C19H22FNO2. The Bertz CT molecular complexity index is 626. The first-order valence-corrected chi connectivity index (χ1v) is 7.94. The Labute approximate surface area is 136 Å². The monoisotopic (exact) mass is 315 g/mol. The second kappa shape index (κ2) is 8.93. The van der Waals surface area contributed by atoms with E-state index < -0.39 is 0 Å². The number of aryl methyl sites for hydroxylation is 1. The molecule has 2 aromatic rings. The van der Waals surface area contributed by atoms with E-state index in [2.05, 4.69) is 24.4 Å². The van der Waals surface area contributed by atoms with Gasteiger partial charge in [0, 0.05) is 12.1 Å². The van der Waals surface area contributed by atoms with Gasteiger partial charge in [0.25, 0.3) is 0 Å². The third-order valence-electron chi connectivity index (χ3n) is 3.39. The Morgan fingerprint density at radius 3 is 2.65 bits per heavy atom. The van der Waals surface area contributed by atoms with Gasteiger partial charge < -0.3 is 10.1 Å². The highest BCUT2D eigenvalue weighted by Crippen LogP contribution is 2.14. The Morgan fingerprint density at radius 1 is 1.17 bits per heavy atom. The molecule has 1 amide bonds. The molecule has 0 fully saturated rings. The fourth-order valence-corrected chi connectivity index (χ4v) is 2.25. The van der Waals surface area contributed by atoms with Gasteiger partial charge in [-0.25, -0.2) is 4.39 Å². The van der Waals surface area contributed by atoms with Gasteiger partial charge in [-0.3, -0.25) is 4.79 Å². The summed E-state index contributed by atoms with van der Waals surface area (Å²) in [6.07, 6.45) is 3.14. The summed E-state index contributed by atoms with van der Waals surface area (Å²) in [4.78, 5) is 11.8. The zero-order chi connectivity index (χ0) is 16.5. The van der Waals surface area contributed by atoms with Crippen LogP contribution in [0.2, 0.25) is 0 Å². The van der Waals surface area contributed by atoms with Crippen LogP contribution in [0.5, 0.6) is 5.75 Å². The zero-order valence-electron chi connectivity index (χ0n) is 13.3. The zero-order valence-corrected chi connectivity index (χ0v) is 13.3. The van der Waals surface area contributed by atoms with E-state index in [1.165, 1.54) is 17.7 Å². The second-order valence-corrected chi connectivity index (χ2v) is 5.40. The second-order valence-electron chi connectivity index (χ2n) is 5.40. The maximum Gasteiger partial charge on any atom is 0.224 e. The molecule has 0 radical (unpaired) electrons. The molecule has 0 aliphatic rings. The lowest BCUT2D eigenvalue weighted by atomic mass is 10.1. The number of hydrogen-bond donors (Lipinski definition) is 1. The molecule has 0 saturated heterocycles. The lowest BCUT2D eigenvalue weighted by Crippen LogP contribution is -2.12. The fraction of sp³-hybridized carbons (Fsp3) is 0.316. The van der Waals surface area contributed by atoms with Crippen molar-refractivity contribution >= 4 is 11.6 Å². The van der Waals surface area contributed by atoms with Crippen LogP contribution >= 0.6 is 0 Å². The van der Waals surface area contributed by atoms with Gasteiger partial charge in [0.2, 0.25) is 5.91 Å². The standard InChI is InChI=1S/C19H22FNO2/c1-2-5-15-9-11-18(12-10-15)23-13-4-8-19(22)21-17-7-3-6-16(20)14-17/h3,6-7,9-12,14H,2,4-5,8,13H2,1H3,(H,21,22). The first-order chi connectivity index (χ1) is 11.2. The number of ether oxygens (including phenoxy) is 1. The van der Waals surface area contributed by atoms with Crippen LogP contribution < -0.4 is 10.1 Å². The fourth-order valence-electron chi connectivity index (χ4n) is 2.25. The SMILES string of the molecule is CCCc1ccc(OCCCC(=O)Nc2cccc(F)c2)cc1. The highest BCUT2D eigenvalue weighted by molar-refractivity contribution is 5.90. The maximum atomic E-state index is 13.0. The molecule has 0 aliphatic heterocycles. The summed E-state index contributed by atoms with van der Waals surface area (Å²) in [6, 6.07) is 13.9. The molecule has 0 spiro atoms. The molecule has 4 heteroatoms. The molecule has 2 rings (SSSR count). The Hall–Kier alpha value is -2.36. The normalized spacial score (nSPS) is 10.3. The number of halogens is 1. The summed E-state index contributed by atoms with van der Waals surface area (Å²) in [5.74, 6) is 0.311. The van der Waals surface area contributed by atoms with E-state index >= 15 is 0 Å². The average molecular weight is 315 g/mol. The molecule has 122 valence electrons. The quantitative estimate of drug-likeness (QED) is 0.724. The molecule has 23 heavy (non-hydrogen) atoms. The van der Waals surface area contributed by atoms with Crippen LogP contribution in [0.1, 0.15) is 31.7 Å². The van der Waals surface area contributed by atoms with Gasteiger partial charge in [-0.1, -0.05) is 31.5 Å². The Balaban J connectivity index is 1.67. The number of amides is 1. The molecule has 1 N–H and O–H groups in total. The number of carbonyl (C=O) groups is 1. The predicted molar refractivity (Wildman–Crippen MR) is 90.2 cm³/mol. The van der Waals surface area contributed by atoms with Gasteiger partial charge in [0.1, 0.15) is 11.6 Å². The number of carbonyl (C=O) groups excluding carboxylic acids is 1. The van der Waals surface area contributed by atoms with Crippen LogP contribution in [0, 0.1) is 5.82 Å². The predicted octanol–water partition coefficient (Wildman–Crippen LogP) is 4.58. The molecule has 0 aromatic heterocycles. The van der Waals surface area contributed by atoms with E-state index in [9.17, 15) is 9.18 Å². The minimum absolute atomic E-state index is 0.141. The van der Waals surface area contributed by atoms with Crippen LogP contribution in [-0.2, 0) is 11.2 Å². The Kier molecular flexibility index (Phi) is 6.60. The molecule has 0 bridgehead atoms. The van der Waals surface area contributed by atoms with Crippen molar-refractivity contribution in [2.24, 2.45) is 0 Å². The van der Waals surface area contributed by atoms with E-state index in [4.69, 9.17) is 4.74 Å².